The van der Waals surface area contributed by atoms with E-state index in [1.165, 1.54) is 12.1 Å². The number of amides is 1. The molecule has 0 atom stereocenters. The first-order chi connectivity index (χ1) is 13.8. The van der Waals surface area contributed by atoms with Crippen LogP contribution in [0.4, 0.5) is 5.69 Å². The number of nitrogens with one attached hydrogen (secondary N) is 2. The molecule has 0 aliphatic rings. The van der Waals surface area contributed by atoms with Crippen molar-refractivity contribution in [2.24, 2.45) is 0 Å². The molecule has 0 aromatic heterocycles. The minimum Gasteiger partial charge on any atom is -0.483 e. The molecule has 0 spiro atoms. The monoisotopic (exact) mass is 479 g/mol. The molecule has 11 heteroatoms. The number of nitro benzene ring substituents is 1. The first kappa shape index (κ1) is 20.7. The van der Waals surface area contributed by atoms with Gasteiger partial charge in [0.15, 0.2) is 11.5 Å². The standard InChI is InChI=1S/C18H14BrN3O6S/c19-18-13-6-2-1-5-12(13)9-10-15(18)28-11-17(23)20-21-29(26,27)16-8-4-3-7-14(16)22(24)25/h1-10,21H,11H2,(H,20,23). The molecule has 0 unspecified atom stereocenters. The van der Waals surface area contributed by atoms with E-state index in [9.17, 15) is 23.3 Å². The van der Waals surface area contributed by atoms with Crippen molar-refractivity contribution in [1.29, 1.82) is 0 Å². The minimum atomic E-state index is -4.34. The number of nitro groups is 1. The Balaban J connectivity index is 1.65. The van der Waals surface area contributed by atoms with E-state index in [0.717, 1.165) is 22.9 Å². The molecule has 0 heterocycles. The van der Waals surface area contributed by atoms with Gasteiger partial charge in [0.2, 0.25) is 0 Å². The van der Waals surface area contributed by atoms with E-state index in [1.807, 2.05) is 40.6 Å². The Bertz CT molecular complexity index is 1200. The number of hydrogen-bond donors (Lipinski definition) is 2. The number of ether oxygens (including phenoxy) is 1. The van der Waals surface area contributed by atoms with Crippen molar-refractivity contribution in [1.82, 2.24) is 10.3 Å². The molecule has 2 N–H and O–H groups in total. The molecule has 0 aliphatic heterocycles. The summed E-state index contributed by atoms with van der Waals surface area (Å²) < 4.78 is 30.6. The Morgan fingerprint density at radius 1 is 1.07 bits per heavy atom. The Hall–Kier alpha value is -3.02. The molecule has 0 fully saturated rings. The number of hydrazine groups is 1. The molecule has 0 saturated carbocycles. The molecule has 3 rings (SSSR count). The van der Waals surface area contributed by atoms with Gasteiger partial charge < -0.3 is 4.74 Å². The van der Waals surface area contributed by atoms with E-state index < -0.39 is 38.0 Å². The van der Waals surface area contributed by atoms with Crippen LogP contribution >= 0.6 is 15.9 Å². The minimum absolute atomic E-state index is 0.403. The highest BCUT2D eigenvalue weighted by atomic mass is 79.9. The summed E-state index contributed by atoms with van der Waals surface area (Å²) in [6.45, 7) is -0.476. The number of carbonyl (C=O) groups excluding carboxylic acids is 1. The fraction of sp³-hybridized carbons (Fsp3) is 0.0556. The third kappa shape index (κ3) is 4.70. The van der Waals surface area contributed by atoms with E-state index in [4.69, 9.17) is 4.74 Å². The highest BCUT2D eigenvalue weighted by molar-refractivity contribution is 9.10. The second-order valence-electron chi connectivity index (χ2n) is 5.77. The quantitative estimate of drug-likeness (QED) is 0.396. The van der Waals surface area contributed by atoms with Crippen LogP contribution in [0.2, 0.25) is 0 Å². The van der Waals surface area contributed by atoms with E-state index in [1.54, 1.807) is 6.07 Å². The van der Waals surface area contributed by atoms with Gasteiger partial charge in [0, 0.05) is 6.07 Å². The van der Waals surface area contributed by atoms with Crippen molar-refractivity contribution in [2.45, 2.75) is 4.90 Å². The zero-order valence-corrected chi connectivity index (χ0v) is 17.1. The topological polar surface area (TPSA) is 128 Å². The van der Waals surface area contributed by atoms with E-state index in [0.29, 0.717) is 10.2 Å². The number of nitrogens with zero attached hydrogens (tertiary/aromatic N) is 1. The van der Waals surface area contributed by atoms with Gasteiger partial charge in [-0.15, -0.1) is 4.83 Å². The summed E-state index contributed by atoms with van der Waals surface area (Å²) in [5, 5.41) is 12.9. The molecule has 3 aromatic rings. The van der Waals surface area contributed by atoms with Gasteiger partial charge in [-0.25, -0.2) is 8.42 Å². The summed E-state index contributed by atoms with van der Waals surface area (Å²) in [5.74, 6) is -0.382. The number of hydrogen-bond acceptors (Lipinski definition) is 6. The average Bonchev–Trinajstić information content (AvgIpc) is 2.72. The molecule has 0 aliphatic carbocycles. The molecule has 0 radical (unpaired) electrons. The van der Waals surface area contributed by atoms with Gasteiger partial charge in [-0.05, 0) is 38.8 Å². The van der Waals surface area contributed by atoms with Crippen LogP contribution in [-0.2, 0) is 14.8 Å². The summed E-state index contributed by atoms with van der Waals surface area (Å²) in [5.41, 5.74) is 1.37. The Kier molecular flexibility index (Phi) is 6.11. The zero-order valence-electron chi connectivity index (χ0n) is 14.7. The summed E-state index contributed by atoms with van der Waals surface area (Å²) in [6.07, 6.45) is 0. The van der Waals surface area contributed by atoms with Gasteiger partial charge in [-0.3, -0.25) is 20.3 Å². The van der Waals surface area contributed by atoms with Gasteiger partial charge in [0.05, 0.1) is 9.40 Å². The third-order valence-electron chi connectivity index (χ3n) is 3.86. The van der Waals surface area contributed by atoms with Crippen LogP contribution in [0.3, 0.4) is 0 Å². The summed E-state index contributed by atoms with van der Waals surface area (Å²) in [4.78, 5) is 23.4. The molecule has 150 valence electrons. The number of fused-ring (bicyclic) bond motifs is 1. The molecule has 0 bridgehead atoms. The van der Waals surface area contributed by atoms with Crippen molar-refractivity contribution in [2.75, 3.05) is 6.61 Å². The molecule has 29 heavy (non-hydrogen) atoms. The smallest absolute Gasteiger partial charge is 0.289 e. The van der Waals surface area contributed by atoms with Gasteiger partial charge in [0.25, 0.3) is 21.6 Å². The van der Waals surface area contributed by atoms with E-state index in [2.05, 4.69) is 15.9 Å². The number of halogens is 1. The zero-order chi connectivity index (χ0) is 21.0. The maximum atomic E-state index is 12.3. The lowest BCUT2D eigenvalue weighted by molar-refractivity contribution is -0.387. The number of para-hydroxylation sites is 1. The predicted octanol–water partition coefficient (Wildman–Crippen LogP) is 2.90. The highest BCUT2D eigenvalue weighted by Gasteiger charge is 2.25. The number of carbonyl (C=O) groups is 1. The molecule has 9 nitrogen and oxygen atoms in total. The number of rotatable bonds is 7. The summed E-state index contributed by atoms with van der Waals surface area (Å²) >= 11 is 3.42. The highest BCUT2D eigenvalue weighted by Crippen LogP contribution is 2.32. The Labute approximate surface area is 174 Å². The average molecular weight is 480 g/mol. The summed E-state index contributed by atoms with van der Waals surface area (Å²) in [6, 6.07) is 15.9. The fourth-order valence-corrected chi connectivity index (χ4v) is 4.16. The van der Waals surface area contributed by atoms with Gasteiger partial charge in [-0.2, -0.15) is 0 Å². The molecule has 3 aromatic carbocycles. The van der Waals surface area contributed by atoms with Crippen molar-refractivity contribution in [3.05, 3.63) is 75.3 Å². The van der Waals surface area contributed by atoms with Gasteiger partial charge in [0.1, 0.15) is 5.75 Å². The Morgan fingerprint density at radius 3 is 2.52 bits per heavy atom. The first-order valence-corrected chi connectivity index (χ1v) is 10.4. The first-order valence-electron chi connectivity index (χ1n) is 8.14. The SMILES string of the molecule is O=C(COc1ccc2ccccc2c1Br)NNS(=O)(=O)c1ccccc1[N+](=O)[O-]. The van der Waals surface area contributed by atoms with Crippen molar-refractivity contribution >= 4 is 48.3 Å². The van der Waals surface area contributed by atoms with Crippen LogP contribution in [0.5, 0.6) is 5.75 Å². The van der Waals surface area contributed by atoms with E-state index in [-0.39, 0.29) is 0 Å². The van der Waals surface area contributed by atoms with Crippen LogP contribution in [-0.4, -0.2) is 25.9 Å². The van der Waals surface area contributed by atoms with Crippen molar-refractivity contribution in [3.8, 4) is 5.75 Å². The van der Waals surface area contributed by atoms with Crippen LogP contribution in [0.15, 0.2) is 70.0 Å². The van der Waals surface area contributed by atoms with Crippen molar-refractivity contribution in [3.63, 3.8) is 0 Å². The lowest BCUT2D eigenvalue weighted by Crippen LogP contribution is -2.43. The number of benzene rings is 3. The lowest BCUT2D eigenvalue weighted by atomic mass is 10.1. The van der Waals surface area contributed by atoms with Crippen LogP contribution in [0.25, 0.3) is 10.8 Å². The van der Waals surface area contributed by atoms with Gasteiger partial charge >= 0.3 is 0 Å². The van der Waals surface area contributed by atoms with Crippen LogP contribution in [0, 0.1) is 10.1 Å². The predicted molar refractivity (Wildman–Crippen MR) is 109 cm³/mol. The second kappa shape index (κ2) is 8.55. The molecular weight excluding hydrogens is 466 g/mol. The molecule has 0 saturated heterocycles. The van der Waals surface area contributed by atoms with Crippen LogP contribution in [0.1, 0.15) is 0 Å². The normalized spacial score (nSPS) is 11.2. The maximum absolute atomic E-state index is 12.3. The van der Waals surface area contributed by atoms with Crippen molar-refractivity contribution < 1.29 is 22.9 Å². The summed E-state index contributed by atoms with van der Waals surface area (Å²) in [7, 11) is -4.34. The van der Waals surface area contributed by atoms with Gasteiger partial charge in [-0.1, -0.05) is 42.5 Å². The lowest BCUT2D eigenvalue weighted by Gasteiger charge is -2.11. The van der Waals surface area contributed by atoms with E-state index >= 15 is 0 Å². The maximum Gasteiger partial charge on any atom is 0.289 e. The Morgan fingerprint density at radius 2 is 1.76 bits per heavy atom. The number of sulfonamides is 1. The largest absolute Gasteiger partial charge is 0.483 e. The third-order valence-corrected chi connectivity index (χ3v) is 5.98. The molecule has 1 amide bonds. The fourth-order valence-electron chi connectivity index (χ4n) is 2.52. The molecular formula is C18H14BrN3O6S. The van der Waals surface area contributed by atoms with Crippen LogP contribution < -0.4 is 15.0 Å². The second-order valence-corrected chi connectivity index (χ2v) is 8.21.